The number of morpholine rings is 1. The number of benzene rings is 1. The van der Waals surface area contributed by atoms with Crippen LogP contribution in [0.5, 0.6) is 0 Å². The fourth-order valence-corrected chi connectivity index (χ4v) is 3.10. The third-order valence-corrected chi connectivity index (χ3v) is 4.90. The van der Waals surface area contributed by atoms with E-state index in [-0.39, 0.29) is 30.2 Å². The number of amides is 3. The zero-order valence-electron chi connectivity index (χ0n) is 17.4. The summed E-state index contributed by atoms with van der Waals surface area (Å²) in [5.41, 5.74) is 0.944. The van der Waals surface area contributed by atoms with Crippen LogP contribution in [0.15, 0.2) is 35.1 Å². The molecule has 1 saturated heterocycles. The average molecular weight is 467 g/mol. The van der Waals surface area contributed by atoms with Crippen LogP contribution in [-0.4, -0.2) is 72.1 Å². The summed E-state index contributed by atoms with van der Waals surface area (Å²) in [7, 11) is 0. The summed E-state index contributed by atoms with van der Waals surface area (Å²) in [4.78, 5) is 37.8. The first-order valence-electron chi connectivity index (χ1n) is 9.73. The fourth-order valence-electron chi connectivity index (χ4n) is 3.10. The van der Waals surface area contributed by atoms with Crippen LogP contribution in [0.2, 0.25) is 0 Å². The molecule has 13 heteroatoms. The van der Waals surface area contributed by atoms with Gasteiger partial charge in [-0.05, 0) is 19.1 Å². The molecule has 10 nitrogen and oxygen atoms in total. The lowest BCUT2D eigenvalue weighted by Gasteiger charge is -2.35. The standard InChI is InChI=1S/C20H20F3N5O5/c1-11-15(10-33-27-11)18(30)28-6-7-32-9-14(28)8-25-17(29)13-4-2-12(3-5-13)16(24)26-19(31)20(21,22)23/h2-5,10,14H,6-9H2,1H3,(H,25,29)(H2,24,26,31). The van der Waals surface area contributed by atoms with Crippen LogP contribution in [0.3, 0.4) is 0 Å². The third kappa shape index (κ3) is 5.74. The lowest BCUT2D eigenvalue weighted by atomic mass is 10.1. The Morgan fingerprint density at radius 2 is 1.88 bits per heavy atom. The highest BCUT2D eigenvalue weighted by Gasteiger charge is 2.39. The smallest absolute Gasteiger partial charge is 0.377 e. The molecule has 0 aliphatic carbocycles. The second-order valence-corrected chi connectivity index (χ2v) is 7.16. The number of nitrogens with one attached hydrogen (secondary N) is 3. The minimum Gasteiger partial charge on any atom is -0.377 e. The van der Waals surface area contributed by atoms with Gasteiger partial charge in [0.05, 0.1) is 24.9 Å². The molecule has 0 saturated carbocycles. The molecule has 33 heavy (non-hydrogen) atoms. The van der Waals surface area contributed by atoms with Crippen molar-refractivity contribution in [2.24, 2.45) is 0 Å². The first-order chi connectivity index (χ1) is 15.6. The summed E-state index contributed by atoms with van der Waals surface area (Å²) >= 11 is 0. The van der Waals surface area contributed by atoms with Gasteiger partial charge in [-0.3, -0.25) is 19.8 Å². The minimum absolute atomic E-state index is 0.00862. The molecule has 1 atom stereocenters. The summed E-state index contributed by atoms with van der Waals surface area (Å²) in [5.74, 6) is -3.79. The van der Waals surface area contributed by atoms with Crippen LogP contribution < -0.4 is 10.6 Å². The Balaban J connectivity index is 1.59. The predicted molar refractivity (Wildman–Crippen MR) is 107 cm³/mol. The highest BCUT2D eigenvalue weighted by Crippen LogP contribution is 2.16. The van der Waals surface area contributed by atoms with Crippen molar-refractivity contribution in [1.29, 1.82) is 5.41 Å². The Morgan fingerprint density at radius 3 is 2.48 bits per heavy atom. The van der Waals surface area contributed by atoms with E-state index in [0.717, 1.165) is 0 Å². The van der Waals surface area contributed by atoms with Crippen molar-refractivity contribution >= 4 is 23.6 Å². The maximum atomic E-state index is 12.8. The van der Waals surface area contributed by atoms with E-state index < -0.39 is 29.9 Å². The molecule has 3 rings (SSSR count). The summed E-state index contributed by atoms with van der Waals surface area (Å²) < 4.78 is 47.2. The molecule has 176 valence electrons. The van der Waals surface area contributed by atoms with Gasteiger partial charge in [0.1, 0.15) is 17.7 Å². The van der Waals surface area contributed by atoms with Gasteiger partial charge in [-0.2, -0.15) is 13.2 Å². The van der Waals surface area contributed by atoms with E-state index in [1.54, 1.807) is 11.8 Å². The zero-order valence-corrected chi connectivity index (χ0v) is 17.4. The molecule has 2 aromatic rings. The molecule has 2 heterocycles. The highest BCUT2D eigenvalue weighted by molar-refractivity contribution is 6.08. The second-order valence-electron chi connectivity index (χ2n) is 7.16. The molecule has 1 aromatic heterocycles. The van der Waals surface area contributed by atoms with E-state index in [1.165, 1.54) is 35.8 Å². The number of carbonyl (C=O) groups is 3. The fraction of sp³-hybridized carbons (Fsp3) is 0.350. The van der Waals surface area contributed by atoms with Crippen LogP contribution >= 0.6 is 0 Å². The van der Waals surface area contributed by atoms with E-state index in [1.807, 2.05) is 0 Å². The summed E-state index contributed by atoms with van der Waals surface area (Å²) in [6, 6.07) is 4.65. The van der Waals surface area contributed by atoms with Gasteiger partial charge in [0.2, 0.25) is 0 Å². The number of carbonyl (C=O) groups excluding carboxylic acids is 3. The Hall–Kier alpha value is -3.74. The predicted octanol–water partition coefficient (Wildman–Crippen LogP) is 1.26. The Kier molecular flexibility index (Phi) is 7.11. The van der Waals surface area contributed by atoms with Crippen LogP contribution in [0.25, 0.3) is 0 Å². The molecular weight excluding hydrogens is 447 g/mol. The van der Waals surface area contributed by atoms with Gasteiger partial charge in [-0.1, -0.05) is 17.3 Å². The lowest BCUT2D eigenvalue weighted by molar-refractivity contribution is -0.171. The first-order valence-corrected chi connectivity index (χ1v) is 9.73. The van der Waals surface area contributed by atoms with Crippen molar-refractivity contribution in [2.45, 2.75) is 19.1 Å². The van der Waals surface area contributed by atoms with Crippen molar-refractivity contribution < 1.29 is 36.8 Å². The maximum absolute atomic E-state index is 12.8. The van der Waals surface area contributed by atoms with E-state index in [0.29, 0.717) is 24.4 Å². The largest absolute Gasteiger partial charge is 0.471 e. The molecule has 1 fully saturated rings. The summed E-state index contributed by atoms with van der Waals surface area (Å²) in [5, 5.41) is 15.4. The van der Waals surface area contributed by atoms with Crippen molar-refractivity contribution in [1.82, 2.24) is 20.7 Å². The maximum Gasteiger partial charge on any atom is 0.471 e. The SMILES string of the molecule is Cc1nocc1C(=O)N1CCOCC1CNC(=O)c1ccc(C(=N)NC(=O)C(F)(F)F)cc1. The van der Waals surface area contributed by atoms with Crippen molar-refractivity contribution in [3.05, 3.63) is 52.9 Å². The molecule has 1 aromatic carbocycles. The van der Waals surface area contributed by atoms with Crippen molar-refractivity contribution in [3.8, 4) is 0 Å². The molecule has 1 unspecified atom stereocenters. The van der Waals surface area contributed by atoms with Crippen molar-refractivity contribution in [2.75, 3.05) is 26.3 Å². The Morgan fingerprint density at radius 1 is 1.21 bits per heavy atom. The van der Waals surface area contributed by atoms with E-state index in [4.69, 9.17) is 14.7 Å². The van der Waals surface area contributed by atoms with Gasteiger partial charge in [0, 0.05) is 24.2 Å². The van der Waals surface area contributed by atoms with Gasteiger partial charge >= 0.3 is 12.1 Å². The number of alkyl halides is 3. The highest BCUT2D eigenvalue weighted by atomic mass is 19.4. The minimum atomic E-state index is -5.11. The average Bonchev–Trinajstić information content (AvgIpc) is 3.22. The van der Waals surface area contributed by atoms with Gasteiger partial charge in [-0.15, -0.1) is 0 Å². The van der Waals surface area contributed by atoms with E-state index >= 15 is 0 Å². The third-order valence-electron chi connectivity index (χ3n) is 4.90. The molecule has 0 spiro atoms. The van der Waals surface area contributed by atoms with E-state index in [9.17, 15) is 27.6 Å². The van der Waals surface area contributed by atoms with E-state index in [2.05, 4.69) is 10.5 Å². The number of hydrogen-bond acceptors (Lipinski definition) is 7. The molecule has 3 amide bonds. The molecule has 0 bridgehead atoms. The number of aromatic nitrogens is 1. The molecule has 0 radical (unpaired) electrons. The zero-order chi connectivity index (χ0) is 24.2. The Bertz CT molecular complexity index is 1050. The summed E-state index contributed by atoms with van der Waals surface area (Å²) in [6.07, 6.45) is -3.85. The number of aryl methyl sites for hydroxylation is 1. The van der Waals surface area contributed by atoms with Gasteiger partial charge in [0.25, 0.3) is 11.8 Å². The van der Waals surface area contributed by atoms with Crippen LogP contribution in [0.4, 0.5) is 13.2 Å². The number of rotatable bonds is 5. The summed E-state index contributed by atoms with van der Waals surface area (Å²) in [6.45, 7) is 2.62. The van der Waals surface area contributed by atoms with Crippen molar-refractivity contribution in [3.63, 3.8) is 0 Å². The number of hydrogen-bond donors (Lipinski definition) is 3. The molecule has 1 aliphatic heterocycles. The monoisotopic (exact) mass is 467 g/mol. The number of ether oxygens (including phenoxy) is 1. The van der Waals surface area contributed by atoms with Crippen LogP contribution in [0.1, 0.15) is 32.0 Å². The first kappa shape index (κ1) is 23.9. The normalized spacial score (nSPS) is 16.2. The molecular formula is C20H20F3N5O5. The van der Waals surface area contributed by atoms with Crippen LogP contribution in [-0.2, 0) is 9.53 Å². The molecule has 3 N–H and O–H groups in total. The van der Waals surface area contributed by atoms with Crippen LogP contribution in [0, 0.1) is 12.3 Å². The Labute approximate surface area is 185 Å². The van der Waals surface area contributed by atoms with Gasteiger partial charge < -0.3 is 24.8 Å². The number of amidine groups is 1. The number of halogens is 3. The quantitative estimate of drug-likeness (QED) is 0.447. The van der Waals surface area contributed by atoms with Gasteiger partial charge in [-0.25, -0.2) is 0 Å². The second kappa shape index (κ2) is 9.81. The number of nitrogens with zero attached hydrogens (tertiary/aromatic N) is 2. The topological polar surface area (TPSA) is 138 Å². The molecule has 1 aliphatic rings. The lowest BCUT2D eigenvalue weighted by Crippen LogP contribution is -2.53. The van der Waals surface area contributed by atoms with Gasteiger partial charge in [0.15, 0.2) is 0 Å².